The largest absolute Gasteiger partial charge is 0.323 e. The van der Waals surface area contributed by atoms with Crippen LogP contribution in [0.4, 0.5) is 10.6 Å². The summed E-state index contributed by atoms with van der Waals surface area (Å²) < 4.78 is 1.67. The van der Waals surface area contributed by atoms with Crippen molar-refractivity contribution in [2.75, 3.05) is 11.9 Å². The Morgan fingerprint density at radius 2 is 1.96 bits per heavy atom. The van der Waals surface area contributed by atoms with Crippen molar-refractivity contribution < 1.29 is 4.79 Å². The van der Waals surface area contributed by atoms with E-state index in [1.807, 2.05) is 24.9 Å². The lowest BCUT2D eigenvalue weighted by Gasteiger charge is -2.56. The second kappa shape index (κ2) is 5.61. The first-order valence-corrected chi connectivity index (χ1v) is 8.60. The fourth-order valence-corrected chi connectivity index (χ4v) is 4.30. The monoisotopic (exact) mass is 325 g/mol. The van der Waals surface area contributed by atoms with Gasteiger partial charge in [0.15, 0.2) is 5.82 Å². The summed E-state index contributed by atoms with van der Waals surface area (Å²) in [5.74, 6) is 0.543. The van der Waals surface area contributed by atoms with Gasteiger partial charge in [0, 0.05) is 19.0 Å². The summed E-state index contributed by atoms with van der Waals surface area (Å²) in [7, 11) is 1.82. The Morgan fingerprint density at radius 1 is 1.25 bits per heavy atom. The van der Waals surface area contributed by atoms with Crippen molar-refractivity contribution in [3.05, 3.63) is 41.6 Å². The van der Waals surface area contributed by atoms with E-state index in [0.717, 1.165) is 12.2 Å². The molecule has 2 heterocycles. The van der Waals surface area contributed by atoms with Gasteiger partial charge in [-0.05, 0) is 25.3 Å². The van der Waals surface area contributed by atoms with E-state index in [0.29, 0.717) is 5.82 Å². The van der Waals surface area contributed by atoms with Crippen LogP contribution in [-0.4, -0.2) is 32.5 Å². The van der Waals surface area contributed by atoms with Crippen LogP contribution in [0, 0.1) is 12.3 Å². The van der Waals surface area contributed by atoms with Crippen molar-refractivity contribution in [3.8, 4) is 0 Å². The van der Waals surface area contributed by atoms with E-state index >= 15 is 0 Å². The van der Waals surface area contributed by atoms with Crippen LogP contribution in [0.1, 0.15) is 43.0 Å². The van der Waals surface area contributed by atoms with Gasteiger partial charge < -0.3 is 4.90 Å². The minimum absolute atomic E-state index is 0.0787. The average Bonchev–Trinajstić information content (AvgIpc) is 3.18. The molecule has 6 nitrogen and oxygen atoms in total. The zero-order valence-corrected chi connectivity index (χ0v) is 14.2. The van der Waals surface area contributed by atoms with Gasteiger partial charge in [-0.15, -0.1) is 5.10 Å². The summed E-state index contributed by atoms with van der Waals surface area (Å²) in [6.45, 7) is 2.73. The number of rotatable bonds is 2. The Balaban J connectivity index is 1.58. The molecule has 1 saturated carbocycles. The Kier molecular flexibility index (Phi) is 3.55. The number of hydrogen-bond acceptors (Lipinski definition) is 3. The fourth-order valence-electron chi connectivity index (χ4n) is 4.30. The number of amides is 2. The summed E-state index contributed by atoms with van der Waals surface area (Å²) in [6, 6.07) is 10.5. The van der Waals surface area contributed by atoms with Gasteiger partial charge >= 0.3 is 6.03 Å². The van der Waals surface area contributed by atoms with Gasteiger partial charge in [0.1, 0.15) is 0 Å². The molecule has 1 atom stereocenters. The van der Waals surface area contributed by atoms with E-state index in [9.17, 15) is 4.79 Å². The Bertz CT molecular complexity index is 748. The molecule has 2 fully saturated rings. The lowest BCUT2D eigenvalue weighted by molar-refractivity contribution is -0.0353. The molecule has 0 radical (unpaired) electrons. The molecule has 1 N–H and O–H groups in total. The van der Waals surface area contributed by atoms with Gasteiger partial charge in [-0.3, -0.25) is 10.00 Å². The lowest BCUT2D eigenvalue weighted by atomic mass is 9.67. The summed E-state index contributed by atoms with van der Waals surface area (Å²) in [4.78, 5) is 14.8. The van der Waals surface area contributed by atoms with Crippen LogP contribution in [0.2, 0.25) is 0 Å². The molecule has 1 aromatic carbocycles. The van der Waals surface area contributed by atoms with Crippen molar-refractivity contribution in [1.29, 1.82) is 0 Å². The topological polar surface area (TPSA) is 63.1 Å². The Morgan fingerprint density at radius 3 is 2.58 bits per heavy atom. The predicted octanol–water partition coefficient (Wildman–Crippen LogP) is 3.27. The number of urea groups is 1. The summed E-state index contributed by atoms with van der Waals surface area (Å²) in [6.07, 6.45) is 4.95. The molecule has 1 aromatic heterocycles. The number of likely N-dealkylation sites (tertiary alicyclic amines) is 1. The second-order valence-corrected chi connectivity index (χ2v) is 7.09. The molecule has 1 aliphatic carbocycles. The highest BCUT2D eigenvalue weighted by Gasteiger charge is 2.55. The fraction of sp³-hybridized carbons (Fsp3) is 0.500. The van der Waals surface area contributed by atoms with Gasteiger partial charge in [0.2, 0.25) is 0 Å². The van der Waals surface area contributed by atoms with E-state index in [4.69, 9.17) is 0 Å². The van der Waals surface area contributed by atoms with Crippen LogP contribution in [-0.2, 0) is 7.05 Å². The third-order valence-electron chi connectivity index (χ3n) is 5.68. The van der Waals surface area contributed by atoms with Crippen LogP contribution in [0.5, 0.6) is 0 Å². The molecule has 1 aliphatic heterocycles. The highest BCUT2D eigenvalue weighted by molar-refractivity contribution is 5.90. The van der Waals surface area contributed by atoms with E-state index < -0.39 is 0 Å². The van der Waals surface area contributed by atoms with Gasteiger partial charge in [-0.1, -0.05) is 48.4 Å². The number of aryl methyl sites for hydroxylation is 1. The molecule has 2 aromatic rings. The molecular formula is C18H23N5O. The number of carbonyl (C=O) groups excluding carboxylic acids is 1. The quantitative estimate of drug-likeness (QED) is 0.921. The maximum absolute atomic E-state index is 12.8. The predicted molar refractivity (Wildman–Crippen MR) is 91.5 cm³/mol. The maximum Gasteiger partial charge on any atom is 0.323 e. The molecular weight excluding hydrogens is 302 g/mol. The number of anilines is 1. The van der Waals surface area contributed by atoms with Crippen LogP contribution >= 0.6 is 0 Å². The van der Waals surface area contributed by atoms with Gasteiger partial charge in [0.05, 0.1) is 11.7 Å². The highest BCUT2D eigenvalue weighted by Crippen LogP contribution is 2.58. The maximum atomic E-state index is 12.8. The molecule has 126 valence electrons. The van der Waals surface area contributed by atoms with Gasteiger partial charge in [-0.25, -0.2) is 4.79 Å². The first kappa shape index (κ1) is 15.2. The molecule has 4 rings (SSSR count). The molecule has 1 spiro atoms. The first-order chi connectivity index (χ1) is 11.6. The minimum atomic E-state index is -0.0787. The smallest absolute Gasteiger partial charge is 0.316 e. The lowest BCUT2D eigenvalue weighted by Crippen LogP contribution is -2.60. The minimum Gasteiger partial charge on any atom is -0.316 e. The van der Waals surface area contributed by atoms with E-state index in [1.165, 1.54) is 31.2 Å². The highest BCUT2D eigenvalue weighted by atomic mass is 16.2. The molecule has 0 bridgehead atoms. The summed E-state index contributed by atoms with van der Waals surface area (Å²) in [5.41, 5.74) is 2.35. The number of nitrogens with one attached hydrogen (secondary N) is 1. The summed E-state index contributed by atoms with van der Waals surface area (Å²) >= 11 is 0. The number of benzene rings is 1. The second-order valence-electron chi connectivity index (χ2n) is 7.09. The van der Waals surface area contributed by atoms with E-state index in [2.05, 4.69) is 39.9 Å². The van der Waals surface area contributed by atoms with Crippen LogP contribution in [0.15, 0.2) is 30.3 Å². The molecule has 0 unspecified atom stereocenters. The average molecular weight is 325 g/mol. The number of aromatic nitrogens is 3. The molecule has 1 saturated heterocycles. The van der Waals surface area contributed by atoms with Crippen LogP contribution in [0.25, 0.3) is 0 Å². The normalized spacial score (nSPS) is 21.8. The van der Waals surface area contributed by atoms with E-state index in [1.54, 1.807) is 4.68 Å². The van der Waals surface area contributed by atoms with Crippen molar-refractivity contribution in [3.63, 3.8) is 0 Å². The van der Waals surface area contributed by atoms with Gasteiger partial charge in [0.25, 0.3) is 0 Å². The van der Waals surface area contributed by atoms with Crippen molar-refractivity contribution in [2.24, 2.45) is 12.5 Å². The third-order valence-corrected chi connectivity index (χ3v) is 5.68. The van der Waals surface area contributed by atoms with Crippen LogP contribution in [0.3, 0.4) is 0 Å². The standard InChI is InChI=1S/C18H23N5O/c1-13-16(20-21-22(13)2)19-17(24)23-12-18(10-6-7-11-18)15(23)14-8-4-3-5-9-14/h3-5,8-9,15H,6-7,10-12H2,1-2H3,(H,19,24)/t15-/m1/s1. The summed E-state index contributed by atoms with van der Waals surface area (Å²) in [5, 5.41) is 10.9. The Hall–Kier alpha value is -2.37. The zero-order valence-electron chi connectivity index (χ0n) is 14.2. The van der Waals surface area contributed by atoms with Crippen molar-refractivity contribution >= 4 is 11.8 Å². The zero-order chi connectivity index (χ0) is 16.7. The molecule has 2 aliphatic rings. The number of nitrogens with zero attached hydrogens (tertiary/aromatic N) is 4. The van der Waals surface area contributed by atoms with Crippen molar-refractivity contribution in [2.45, 2.75) is 38.6 Å². The van der Waals surface area contributed by atoms with E-state index in [-0.39, 0.29) is 17.5 Å². The van der Waals surface area contributed by atoms with Crippen molar-refractivity contribution in [1.82, 2.24) is 19.9 Å². The molecule has 24 heavy (non-hydrogen) atoms. The molecule has 2 amide bonds. The SMILES string of the molecule is Cc1c(NC(=O)N2CC3(CCCC3)[C@H]2c2ccccc2)nnn1C. The number of carbonyl (C=O) groups is 1. The third kappa shape index (κ3) is 2.28. The first-order valence-electron chi connectivity index (χ1n) is 8.60. The van der Waals surface area contributed by atoms with Crippen LogP contribution < -0.4 is 5.32 Å². The Labute approximate surface area is 141 Å². The molecule has 6 heteroatoms. The van der Waals surface area contributed by atoms with Gasteiger partial charge in [-0.2, -0.15) is 0 Å². The number of hydrogen-bond donors (Lipinski definition) is 1.